The first-order chi connectivity index (χ1) is 11.9. The molecular formula is C17H19F2N3O3. The van der Waals surface area contributed by atoms with Crippen molar-refractivity contribution in [3.63, 3.8) is 0 Å². The van der Waals surface area contributed by atoms with Gasteiger partial charge in [0, 0.05) is 31.7 Å². The molecule has 0 spiro atoms. The Balaban J connectivity index is 1.62. The maximum atomic E-state index is 12.4. The normalized spacial score (nSPS) is 18.8. The molecule has 0 radical (unpaired) electrons. The van der Waals surface area contributed by atoms with Crippen LogP contribution in [0.3, 0.4) is 0 Å². The molecule has 25 heavy (non-hydrogen) atoms. The second-order valence-corrected chi connectivity index (χ2v) is 6.37. The second kappa shape index (κ2) is 6.87. The zero-order valence-corrected chi connectivity index (χ0v) is 13.8. The van der Waals surface area contributed by atoms with Crippen molar-refractivity contribution in [2.75, 3.05) is 26.7 Å². The zero-order valence-electron chi connectivity index (χ0n) is 13.8. The summed E-state index contributed by atoms with van der Waals surface area (Å²) in [5.41, 5.74) is 0.835. The summed E-state index contributed by atoms with van der Waals surface area (Å²) in [7, 11) is 1.40. The predicted molar refractivity (Wildman–Crippen MR) is 85.8 cm³/mol. The van der Waals surface area contributed by atoms with Crippen LogP contribution in [0.25, 0.3) is 0 Å². The maximum absolute atomic E-state index is 12.4. The van der Waals surface area contributed by atoms with Crippen LogP contribution >= 0.6 is 0 Å². The van der Waals surface area contributed by atoms with Gasteiger partial charge in [-0.05, 0) is 31.0 Å². The van der Waals surface area contributed by atoms with Crippen molar-refractivity contribution in [2.24, 2.45) is 0 Å². The summed E-state index contributed by atoms with van der Waals surface area (Å²) in [6.45, 7) is 0.781. The Morgan fingerprint density at radius 1 is 1.20 bits per heavy atom. The highest BCUT2D eigenvalue weighted by Gasteiger charge is 2.33. The van der Waals surface area contributed by atoms with E-state index in [1.54, 1.807) is 4.90 Å². The van der Waals surface area contributed by atoms with E-state index in [0.29, 0.717) is 37.1 Å². The summed E-state index contributed by atoms with van der Waals surface area (Å²) in [6.07, 6.45) is -1.15. The number of benzene rings is 1. The summed E-state index contributed by atoms with van der Waals surface area (Å²) >= 11 is 0. The molecule has 3 rings (SSSR count). The average Bonchev–Trinajstić information content (AvgIpc) is 2.80. The van der Waals surface area contributed by atoms with Crippen LogP contribution in [0.4, 0.5) is 8.78 Å². The van der Waals surface area contributed by atoms with Crippen molar-refractivity contribution in [1.29, 1.82) is 0 Å². The van der Waals surface area contributed by atoms with E-state index < -0.39 is 12.3 Å². The fraction of sp³-hybridized carbons (Fsp3) is 0.471. The van der Waals surface area contributed by atoms with Gasteiger partial charge in [0.1, 0.15) is 0 Å². The minimum absolute atomic E-state index is 0.0883. The molecule has 0 unspecified atom stereocenters. The Kier molecular flexibility index (Phi) is 4.80. The van der Waals surface area contributed by atoms with Crippen LogP contribution in [0.15, 0.2) is 18.2 Å². The number of nitrogens with zero attached hydrogens (tertiary/aromatic N) is 2. The molecule has 1 fully saturated rings. The van der Waals surface area contributed by atoms with Gasteiger partial charge in [0.2, 0.25) is 0 Å². The molecule has 2 aliphatic rings. The van der Waals surface area contributed by atoms with Crippen LogP contribution in [0.1, 0.15) is 43.9 Å². The van der Waals surface area contributed by atoms with Gasteiger partial charge >= 0.3 is 0 Å². The number of rotatable bonds is 4. The Hall–Kier alpha value is -2.35. The van der Waals surface area contributed by atoms with Gasteiger partial charge in [-0.2, -0.15) is 0 Å². The molecule has 1 saturated heterocycles. The van der Waals surface area contributed by atoms with E-state index in [2.05, 4.69) is 5.32 Å². The van der Waals surface area contributed by atoms with Gasteiger partial charge in [0.25, 0.3) is 24.1 Å². The molecule has 134 valence electrons. The number of likely N-dealkylation sites (tertiary alicyclic amines) is 1. The van der Waals surface area contributed by atoms with Gasteiger partial charge in [-0.25, -0.2) is 8.78 Å². The van der Waals surface area contributed by atoms with Crippen LogP contribution in [-0.4, -0.2) is 66.7 Å². The Morgan fingerprint density at radius 3 is 2.48 bits per heavy atom. The summed E-state index contributed by atoms with van der Waals surface area (Å²) < 4.78 is 24.8. The van der Waals surface area contributed by atoms with Crippen LogP contribution in [0, 0.1) is 0 Å². The number of carbonyl (C=O) groups excluding carboxylic acids is 3. The van der Waals surface area contributed by atoms with Crippen molar-refractivity contribution in [2.45, 2.75) is 25.3 Å². The van der Waals surface area contributed by atoms with Gasteiger partial charge in [-0.1, -0.05) is 0 Å². The Morgan fingerprint density at radius 2 is 1.84 bits per heavy atom. The number of alkyl halides is 2. The number of fused-ring (bicyclic) bond motifs is 1. The lowest BCUT2D eigenvalue weighted by atomic mass is 10.0. The van der Waals surface area contributed by atoms with Gasteiger partial charge in [-0.3, -0.25) is 24.2 Å². The zero-order chi connectivity index (χ0) is 18.1. The Labute approximate surface area is 143 Å². The minimum Gasteiger partial charge on any atom is -0.349 e. The molecule has 1 N–H and O–H groups in total. The SMILES string of the molecule is CN1C(=O)c2ccc(C(=O)NC3CCN(CC(F)F)CC3)cc2C1=O. The van der Waals surface area contributed by atoms with Crippen molar-refractivity contribution in [3.05, 3.63) is 34.9 Å². The van der Waals surface area contributed by atoms with Gasteiger partial charge in [0.05, 0.1) is 17.7 Å². The third-order valence-electron chi connectivity index (χ3n) is 4.67. The lowest BCUT2D eigenvalue weighted by molar-refractivity contribution is 0.0691. The Bertz CT molecular complexity index is 715. The van der Waals surface area contributed by atoms with Crippen molar-refractivity contribution in [1.82, 2.24) is 15.1 Å². The molecule has 2 heterocycles. The largest absolute Gasteiger partial charge is 0.349 e. The molecule has 2 aliphatic heterocycles. The van der Waals surface area contributed by atoms with Crippen molar-refractivity contribution < 1.29 is 23.2 Å². The lowest BCUT2D eigenvalue weighted by Crippen LogP contribution is -2.45. The molecule has 1 aromatic carbocycles. The number of carbonyl (C=O) groups is 3. The van der Waals surface area contributed by atoms with Crippen LogP contribution in [0.5, 0.6) is 0 Å². The van der Waals surface area contributed by atoms with Crippen molar-refractivity contribution >= 4 is 17.7 Å². The topological polar surface area (TPSA) is 69.7 Å². The fourth-order valence-corrected chi connectivity index (χ4v) is 3.23. The van der Waals surface area contributed by atoms with Gasteiger partial charge in [0.15, 0.2) is 0 Å². The first-order valence-corrected chi connectivity index (χ1v) is 8.14. The van der Waals surface area contributed by atoms with E-state index in [9.17, 15) is 23.2 Å². The standard InChI is InChI=1S/C17H19F2N3O3/c1-21-16(24)12-3-2-10(8-13(12)17(21)25)15(23)20-11-4-6-22(7-5-11)9-14(18)19/h2-3,8,11,14H,4-7,9H2,1H3,(H,20,23). The summed E-state index contributed by atoms with van der Waals surface area (Å²) in [4.78, 5) is 39.0. The molecule has 6 nitrogen and oxygen atoms in total. The number of hydrogen-bond acceptors (Lipinski definition) is 4. The molecule has 0 aliphatic carbocycles. The van der Waals surface area contributed by atoms with Crippen LogP contribution in [-0.2, 0) is 0 Å². The number of imide groups is 1. The van der Waals surface area contributed by atoms with E-state index in [0.717, 1.165) is 4.90 Å². The van der Waals surface area contributed by atoms with E-state index in [1.165, 1.54) is 25.2 Å². The quantitative estimate of drug-likeness (QED) is 0.832. The second-order valence-electron chi connectivity index (χ2n) is 6.37. The first-order valence-electron chi connectivity index (χ1n) is 8.14. The molecule has 0 aromatic heterocycles. The highest BCUT2D eigenvalue weighted by molar-refractivity contribution is 6.21. The van der Waals surface area contributed by atoms with Gasteiger partial charge in [-0.15, -0.1) is 0 Å². The molecule has 0 saturated carbocycles. The lowest BCUT2D eigenvalue weighted by Gasteiger charge is -2.32. The molecule has 3 amide bonds. The monoisotopic (exact) mass is 351 g/mol. The van der Waals surface area contributed by atoms with Crippen LogP contribution < -0.4 is 5.32 Å². The first kappa shape index (κ1) is 17.5. The number of nitrogens with one attached hydrogen (secondary N) is 1. The minimum atomic E-state index is -2.35. The predicted octanol–water partition coefficient (Wildman–Crippen LogP) is 1.37. The highest BCUT2D eigenvalue weighted by Crippen LogP contribution is 2.23. The number of piperidine rings is 1. The fourth-order valence-electron chi connectivity index (χ4n) is 3.23. The van der Waals surface area contributed by atoms with Gasteiger partial charge < -0.3 is 5.32 Å². The molecule has 0 atom stereocenters. The number of amides is 3. The average molecular weight is 351 g/mol. The third-order valence-corrected chi connectivity index (χ3v) is 4.67. The van der Waals surface area contributed by atoms with E-state index in [-0.39, 0.29) is 30.0 Å². The van der Waals surface area contributed by atoms with E-state index in [1.807, 2.05) is 0 Å². The number of halogens is 2. The summed E-state index contributed by atoms with van der Waals surface area (Å²) in [5, 5.41) is 2.87. The third kappa shape index (κ3) is 3.53. The number of hydrogen-bond donors (Lipinski definition) is 1. The highest BCUT2D eigenvalue weighted by atomic mass is 19.3. The maximum Gasteiger partial charge on any atom is 0.261 e. The van der Waals surface area contributed by atoms with Crippen molar-refractivity contribution in [3.8, 4) is 0 Å². The summed E-state index contributed by atoms with van der Waals surface area (Å²) in [5.74, 6) is -1.13. The smallest absolute Gasteiger partial charge is 0.261 e. The van der Waals surface area contributed by atoms with E-state index >= 15 is 0 Å². The molecule has 0 bridgehead atoms. The molecular weight excluding hydrogens is 332 g/mol. The molecule has 8 heteroatoms. The van der Waals surface area contributed by atoms with Crippen LogP contribution in [0.2, 0.25) is 0 Å². The molecule has 1 aromatic rings. The summed E-state index contributed by atoms with van der Waals surface area (Å²) in [6, 6.07) is 4.35. The van der Waals surface area contributed by atoms with E-state index in [4.69, 9.17) is 0 Å².